The van der Waals surface area contributed by atoms with Crippen LogP contribution in [0.2, 0.25) is 0 Å². The van der Waals surface area contributed by atoms with Crippen LogP contribution in [0.5, 0.6) is 0 Å². The van der Waals surface area contributed by atoms with Crippen LogP contribution in [0, 0.1) is 0 Å². The van der Waals surface area contributed by atoms with Crippen LogP contribution in [0.1, 0.15) is 50.1 Å². The van der Waals surface area contributed by atoms with Crippen molar-refractivity contribution >= 4 is 34.0 Å². The highest BCUT2D eigenvalue weighted by Gasteiger charge is 2.26. The fourth-order valence-electron chi connectivity index (χ4n) is 3.27. The maximum Gasteiger partial charge on any atom is 0.225 e. The Kier molecular flexibility index (Phi) is 5.40. The molecule has 0 amide bonds. The molecule has 9 heteroatoms. The third-order valence-corrected chi connectivity index (χ3v) is 5.18. The standard InChI is InChI=1S/C18H23N6O2S/c25-27(26)24-15-9-7-14(8-10-15)22-23-17-11-16(12-5-6-12)20-18(21-17)19-13-3-1-2-4-13/h7-13,22H,1-6H2,(H,24,25,26)(H2,19,20,21,23)/q-1. The Labute approximate surface area is 160 Å². The monoisotopic (exact) mass is 387 g/mol. The molecule has 0 atom stereocenters. The summed E-state index contributed by atoms with van der Waals surface area (Å²) in [7, 11) is -2.20. The molecule has 8 nitrogen and oxygen atoms in total. The first-order valence-electron chi connectivity index (χ1n) is 9.26. The van der Waals surface area contributed by atoms with Crippen LogP contribution < -0.4 is 16.2 Å². The second kappa shape index (κ2) is 8.10. The molecule has 1 heterocycles. The van der Waals surface area contributed by atoms with Gasteiger partial charge >= 0.3 is 0 Å². The Hall–Kier alpha value is -2.39. The maximum absolute atomic E-state index is 10.7. The van der Waals surface area contributed by atoms with Crippen molar-refractivity contribution in [1.82, 2.24) is 9.97 Å². The van der Waals surface area contributed by atoms with E-state index in [1.807, 2.05) is 6.07 Å². The van der Waals surface area contributed by atoms with E-state index in [2.05, 4.69) is 25.5 Å². The number of rotatable bonds is 7. The smallest absolute Gasteiger partial charge is 0.225 e. The first kappa shape index (κ1) is 18.0. The summed E-state index contributed by atoms with van der Waals surface area (Å²) >= 11 is 0. The number of nitrogens with zero attached hydrogens (tertiary/aromatic N) is 3. The summed E-state index contributed by atoms with van der Waals surface area (Å²) in [5.74, 6) is 1.95. The lowest BCUT2D eigenvalue weighted by Gasteiger charge is -2.15. The van der Waals surface area contributed by atoms with Gasteiger partial charge in [0.05, 0.1) is 11.4 Å². The van der Waals surface area contributed by atoms with E-state index in [0.29, 0.717) is 23.6 Å². The van der Waals surface area contributed by atoms with E-state index in [9.17, 15) is 4.21 Å². The fraction of sp³-hybridized carbons (Fsp3) is 0.444. The van der Waals surface area contributed by atoms with Crippen LogP contribution in [0.15, 0.2) is 34.7 Å². The van der Waals surface area contributed by atoms with Crippen LogP contribution >= 0.6 is 0 Å². The second-order valence-corrected chi connectivity index (χ2v) is 7.66. The molecule has 0 saturated heterocycles. The molecular weight excluding hydrogens is 364 g/mol. The second-order valence-electron chi connectivity index (χ2n) is 7.02. The number of hydrogen-bond acceptors (Lipinski definition) is 8. The zero-order chi connectivity index (χ0) is 18.6. The Morgan fingerprint density at radius 3 is 2.44 bits per heavy atom. The summed E-state index contributed by atoms with van der Waals surface area (Å²) in [6.45, 7) is 0. The molecule has 4 rings (SSSR count). The fourth-order valence-corrected chi connectivity index (χ4v) is 3.57. The molecule has 0 unspecified atom stereocenters. The SMILES string of the molecule is O=[S-](O)=Nc1ccc(NNc2cc(C3CC3)nc(NC3CCCC3)n2)cc1. The Balaban J connectivity index is 1.44. The van der Waals surface area contributed by atoms with E-state index in [1.54, 1.807) is 24.3 Å². The zero-order valence-corrected chi connectivity index (χ0v) is 15.7. The van der Waals surface area contributed by atoms with E-state index in [0.717, 1.165) is 17.2 Å². The minimum absolute atomic E-state index is 0.447. The molecule has 1 aromatic heterocycles. The van der Waals surface area contributed by atoms with Crippen molar-refractivity contribution in [1.29, 1.82) is 0 Å². The summed E-state index contributed by atoms with van der Waals surface area (Å²) < 4.78 is 23.1. The van der Waals surface area contributed by atoms with Gasteiger partial charge in [-0.1, -0.05) is 23.7 Å². The van der Waals surface area contributed by atoms with E-state index in [4.69, 9.17) is 9.54 Å². The topological polar surface area (TPSA) is 112 Å². The van der Waals surface area contributed by atoms with Gasteiger partial charge in [-0.2, -0.15) is 4.98 Å². The molecule has 27 heavy (non-hydrogen) atoms. The van der Waals surface area contributed by atoms with E-state index in [1.165, 1.54) is 38.5 Å². The van der Waals surface area contributed by atoms with Gasteiger partial charge < -0.3 is 18.4 Å². The normalized spacial score (nSPS) is 18.4. The molecule has 0 spiro atoms. The lowest BCUT2D eigenvalue weighted by molar-refractivity contribution is 0.529. The molecule has 1 aromatic carbocycles. The van der Waals surface area contributed by atoms with Crippen molar-refractivity contribution in [2.24, 2.45) is 4.36 Å². The molecule has 2 fully saturated rings. The average Bonchev–Trinajstić information content (AvgIpc) is 3.39. The third kappa shape index (κ3) is 5.08. The van der Waals surface area contributed by atoms with Gasteiger partial charge in [0.25, 0.3) is 0 Å². The first-order chi connectivity index (χ1) is 13.2. The van der Waals surface area contributed by atoms with Gasteiger partial charge in [0.15, 0.2) is 0 Å². The zero-order valence-electron chi connectivity index (χ0n) is 14.9. The Morgan fingerprint density at radius 1 is 1.04 bits per heavy atom. The number of anilines is 3. The molecule has 0 radical (unpaired) electrons. The van der Waals surface area contributed by atoms with Crippen LogP contribution in [0.25, 0.3) is 0 Å². The lowest BCUT2D eigenvalue weighted by atomic mass is 10.2. The molecule has 2 aliphatic rings. The number of nitrogens with one attached hydrogen (secondary N) is 3. The van der Waals surface area contributed by atoms with E-state index in [-0.39, 0.29) is 0 Å². The predicted octanol–water partition coefficient (Wildman–Crippen LogP) is 4.40. The van der Waals surface area contributed by atoms with Crippen LogP contribution in [0.4, 0.5) is 23.1 Å². The van der Waals surface area contributed by atoms with Crippen molar-refractivity contribution < 1.29 is 8.76 Å². The summed E-state index contributed by atoms with van der Waals surface area (Å²) in [4.78, 5) is 9.29. The summed E-state index contributed by atoms with van der Waals surface area (Å²) in [5, 5.41) is 3.47. The van der Waals surface area contributed by atoms with Crippen molar-refractivity contribution in [3.05, 3.63) is 36.0 Å². The summed E-state index contributed by atoms with van der Waals surface area (Å²) in [6.07, 6.45) is 7.24. The number of hydrogen-bond donors (Lipinski definition) is 4. The number of aromatic nitrogens is 2. The minimum Gasteiger partial charge on any atom is -0.454 e. The largest absolute Gasteiger partial charge is 0.454 e. The summed E-state index contributed by atoms with van der Waals surface area (Å²) in [6, 6.07) is 9.34. The van der Waals surface area contributed by atoms with Crippen molar-refractivity contribution in [3.63, 3.8) is 0 Å². The van der Waals surface area contributed by atoms with Crippen molar-refractivity contribution in [2.45, 2.75) is 50.5 Å². The Morgan fingerprint density at radius 2 is 1.78 bits per heavy atom. The van der Waals surface area contributed by atoms with E-state index < -0.39 is 10.9 Å². The van der Waals surface area contributed by atoms with Crippen LogP contribution in [-0.4, -0.2) is 20.6 Å². The summed E-state index contributed by atoms with van der Waals surface area (Å²) in [5.41, 5.74) is 8.55. The molecule has 2 aliphatic carbocycles. The van der Waals surface area contributed by atoms with Crippen molar-refractivity contribution in [2.75, 3.05) is 16.2 Å². The molecule has 144 valence electrons. The van der Waals surface area contributed by atoms with Crippen molar-refractivity contribution in [3.8, 4) is 0 Å². The number of hydrazine groups is 1. The molecule has 0 aliphatic heterocycles. The Bertz CT molecular complexity index is 872. The highest BCUT2D eigenvalue weighted by molar-refractivity contribution is 7.68. The molecule has 2 aromatic rings. The van der Waals surface area contributed by atoms with Gasteiger partial charge in [-0.25, -0.2) is 4.98 Å². The maximum atomic E-state index is 10.7. The average molecular weight is 387 g/mol. The minimum atomic E-state index is -2.20. The van der Waals surface area contributed by atoms with E-state index >= 15 is 0 Å². The third-order valence-electron chi connectivity index (χ3n) is 4.82. The predicted molar refractivity (Wildman–Crippen MR) is 106 cm³/mol. The quantitative estimate of drug-likeness (QED) is 0.316. The number of benzene rings is 1. The van der Waals surface area contributed by atoms with Gasteiger partial charge in [0, 0.05) is 23.7 Å². The first-order valence-corrected chi connectivity index (χ1v) is 10.3. The van der Waals surface area contributed by atoms with Gasteiger partial charge in [-0.05, 0) is 49.9 Å². The molecule has 0 bridgehead atoms. The highest BCUT2D eigenvalue weighted by Crippen LogP contribution is 2.40. The van der Waals surface area contributed by atoms with Gasteiger partial charge in [0.2, 0.25) is 5.95 Å². The molecule has 2 saturated carbocycles. The molecular formula is C18H23N6O2S-. The van der Waals surface area contributed by atoms with Gasteiger partial charge in [-0.15, -0.1) is 0 Å². The lowest BCUT2D eigenvalue weighted by Crippen LogP contribution is -2.18. The van der Waals surface area contributed by atoms with Crippen LogP contribution in [0.3, 0.4) is 0 Å². The highest BCUT2D eigenvalue weighted by atomic mass is 32.2. The van der Waals surface area contributed by atoms with Gasteiger partial charge in [-0.3, -0.25) is 10.9 Å². The van der Waals surface area contributed by atoms with Crippen LogP contribution in [-0.2, 0) is 15.1 Å². The van der Waals surface area contributed by atoms with Gasteiger partial charge in [0.1, 0.15) is 5.82 Å². The molecule has 4 N–H and O–H groups in total.